The lowest BCUT2D eigenvalue weighted by Gasteiger charge is -2.11. The molecule has 0 heterocycles. The van der Waals surface area contributed by atoms with E-state index in [9.17, 15) is 5.11 Å². The van der Waals surface area contributed by atoms with E-state index >= 15 is 0 Å². The molecule has 0 aromatic heterocycles. The van der Waals surface area contributed by atoms with Crippen molar-refractivity contribution >= 4 is 0 Å². The van der Waals surface area contributed by atoms with Gasteiger partial charge in [-0.1, -0.05) is 38.1 Å². The van der Waals surface area contributed by atoms with Crippen LogP contribution < -0.4 is 0 Å². The number of hydrogen-bond donors (Lipinski definition) is 1. The fraction of sp³-hybridized carbons (Fsp3) is 0.538. The van der Waals surface area contributed by atoms with Crippen LogP contribution in [0.4, 0.5) is 0 Å². The second kappa shape index (κ2) is 3.74. The number of rotatable bonds is 3. The number of benzene rings is 1. The van der Waals surface area contributed by atoms with Crippen molar-refractivity contribution in [2.24, 2.45) is 11.8 Å². The molecule has 1 N–H and O–H groups in total. The van der Waals surface area contributed by atoms with Crippen LogP contribution in [0.2, 0.25) is 0 Å². The van der Waals surface area contributed by atoms with Gasteiger partial charge in [-0.25, -0.2) is 0 Å². The molecule has 1 aromatic carbocycles. The van der Waals surface area contributed by atoms with Crippen molar-refractivity contribution in [2.75, 3.05) is 0 Å². The summed E-state index contributed by atoms with van der Waals surface area (Å²) in [6.45, 7) is 4.35. The minimum absolute atomic E-state index is 0.239. The summed E-state index contributed by atoms with van der Waals surface area (Å²) in [5, 5.41) is 10.1. The molecule has 2 rings (SSSR count). The Morgan fingerprint density at radius 1 is 1.50 bits per heavy atom. The molecule has 3 unspecified atom stereocenters. The zero-order chi connectivity index (χ0) is 10.1. The van der Waals surface area contributed by atoms with E-state index in [4.69, 9.17) is 0 Å². The highest BCUT2D eigenvalue weighted by Crippen LogP contribution is 2.46. The van der Waals surface area contributed by atoms with Crippen LogP contribution >= 0.6 is 0 Å². The van der Waals surface area contributed by atoms with Crippen LogP contribution in [0.1, 0.15) is 37.5 Å². The predicted octanol–water partition coefficient (Wildman–Crippen LogP) is 2.94. The van der Waals surface area contributed by atoms with Crippen molar-refractivity contribution in [3.8, 4) is 0 Å². The smallest absolute Gasteiger partial charge is 0.0820 e. The molecule has 1 fully saturated rings. The molecule has 76 valence electrons. The summed E-state index contributed by atoms with van der Waals surface area (Å²) in [6.07, 6.45) is 1.98. The van der Waals surface area contributed by atoms with Gasteiger partial charge in [0.15, 0.2) is 0 Å². The number of hydrogen-bond acceptors (Lipinski definition) is 1. The van der Waals surface area contributed by atoms with Gasteiger partial charge in [0.1, 0.15) is 0 Å². The fourth-order valence-corrected chi connectivity index (χ4v) is 2.04. The normalized spacial score (nSPS) is 27.4. The largest absolute Gasteiger partial charge is 0.388 e. The average Bonchev–Trinajstić information content (AvgIpc) is 2.94. The minimum Gasteiger partial charge on any atom is -0.388 e. The van der Waals surface area contributed by atoms with Gasteiger partial charge in [0.2, 0.25) is 0 Å². The molecular formula is C13H18O. The molecule has 1 nitrogen and oxygen atoms in total. The summed E-state index contributed by atoms with van der Waals surface area (Å²) < 4.78 is 0. The van der Waals surface area contributed by atoms with E-state index < -0.39 is 0 Å². The van der Waals surface area contributed by atoms with Crippen molar-refractivity contribution in [1.82, 2.24) is 0 Å². The van der Waals surface area contributed by atoms with Crippen molar-refractivity contribution in [3.05, 3.63) is 35.4 Å². The van der Waals surface area contributed by atoms with Crippen molar-refractivity contribution < 1.29 is 5.11 Å². The Morgan fingerprint density at radius 3 is 2.79 bits per heavy atom. The van der Waals surface area contributed by atoms with Crippen LogP contribution in [0.25, 0.3) is 0 Å². The SMILES string of the molecule is CCc1cccc(C(O)C2CC2C)c1. The van der Waals surface area contributed by atoms with E-state index in [1.165, 1.54) is 12.0 Å². The lowest BCUT2D eigenvalue weighted by Crippen LogP contribution is -2.01. The van der Waals surface area contributed by atoms with Gasteiger partial charge in [0, 0.05) is 0 Å². The molecule has 1 aliphatic carbocycles. The Hall–Kier alpha value is -0.820. The standard InChI is InChI=1S/C13H18O/c1-3-10-5-4-6-11(8-10)13(14)12-7-9(12)2/h4-6,8-9,12-14H,3,7H2,1-2H3. The first-order valence-corrected chi connectivity index (χ1v) is 5.49. The predicted molar refractivity (Wildman–Crippen MR) is 58.1 cm³/mol. The van der Waals surface area contributed by atoms with Crippen LogP contribution in [0.5, 0.6) is 0 Å². The Labute approximate surface area is 85.8 Å². The first-order chi connectivity index (χ1) is 6.72. The molecule has 3 atom stereocenters. The van der Waals surface area contributed by atoms with Gasteiger partial charge < -0.3 is 5.11 Å². The van der Waals surface area contributed by atoms with Crippen molar-refractivity contribution in [1.29, 1.82) is 0 Å². The minimum atomic E-state index is -0.239. The third kappa shape index (κ3) is 1.83. The van der Waals surface area contributed by atoms with Gasteiger partial charge >= 0.3 is 0 Å². The Bertz CT molecular complexity index is 319. The zero-order valence-corrected chi connectivity index (χ0v) is 8.90. The summed E-state index contributed by atoms with van der Waals surface area (Å²) in [6, 6.07) is 8.33. The van der Waals surface area contributed by atoms with E-state index in [0.29, 0.717) is 11.8 Å². The molecule has 1 saturated carbocycles. The van der Waals surface area contributed by atoms with Crippen LogP contribution in [-0.4, -0.2) is 5.11 Å². The maximum atomic E-state index is 10.1. The third-order valence-electron chi connectivity index (χ3n) is 3.28. The van der Waals surface area contributed by atoms with Gasteiger partial charge in [-0.2, -0.15) is 0 Å². The monoisotopic (exact) mass is 190 g/mol. The number of aliphatic hydroxyl groups is 1. The lowest BCUT2D eigenvalue weighted by atomic mass is 10.0. The maximum Gasteiger partial charge on any atom is 0.0820 e. The molecule has 1 aliphatic rings. The fourth-order valence-electron chi connectivity index (χ4n) is 2.04. The molecule has 1 heteroatoms. The van der Waals surface area contributed by atoms with Crippen LogP contribution in [0.3, 0.4) is 0 Å². The average molecular weight is 190 g/mol. The van der Waals surface area contributed by atoms with E-state index in [-0.39, 0.29) is 6.10 Å². The van der Waals surface area contributed by atoms with E-state index in [1.807, 2.05) is 12.1 Å². The maximum absolute atomic E-state index is 10.1. The molecule has 0 spiro atoms. The third-order valence-corrected chi connectivity index (χ3v) is 3.28. The highest BCUT2D eigenvalue weighted by Gasteiger charge is 2.39. The summed E-state index contributed by atoms with van der Waals surface area (Å²) in [4.78, 5) is 0. The first kappa shape index (κ1) is 9.72. The lowest BCUT2D eigenvalue weighted by molar-refractivity contribution is 0.148. The summed E-state index contributed by atoms with van der Waals surface area (Å²) in [7, 11) is 0. The quantitative estimate of drug-likeness (QED) is 0.777. The van der Waals surface area contributed by atoms with Gasteiger partial charge in [0.05, 0.1) is 6.10 Å². The Kier molecular flexibility index (Phi) is 2.60. The first-order valence-electron chi connectivity index (χ1n) is 5.49. The molecule has 0 amide bonds. The molecular weight excluding hydrogens is 172 g/mol. The molecule has 0 saturated heterocycles. The molecule has 14 heavy (non-hydrogen) atoms. The number of aryl methyl sites for hydroxylation is 1. The molecule has 0 radical (unpaired) electrons. The van der Waals surface area contributed by atoms with Crippen LogP contribution in [0.15, 0.2) is 24.3 Å². The van der Waals surface area contributed by atoms with E-state index in [0.717, 1.165) is 12.0 Å². The summed E-state index contributed by atoms with van der Waals surface area (Å²) in [5.41, 5.74) is 2.41. The van der Waals surface area contributed by atoms with E-state index in [1.54, 1.807) is 0 Å². The van der Waals surface area contributed by atoms with Gasteiger partial charge in [-0.05, 0) is 35.8 Å². The van der Waals surface area contributed by atoms with Gasteiger partial charge in [0.25, 0.3) is 0 Å². The van der Waals surface area contributed by atoms with Crippen molar-refractivity contribution in [2.45, 2.75) is 32.8 Å². The Morgan fingerprint density at radius 2 is 2.21 bits per heavy atom. The second-order valence-electron chi connectivity index (χ2n) is 4.42. The summed E-state index contributed by atoms with van der Waals surface area (Å²) in [5.74, 6) is 1.21. The highest BCUT2D eigenvalue weighted by atomic mass is 16.3. The van der Waals surface area contributed by atoms with E-state index in [2.05, 4.69) is 26.0 Å². The van der Waals surface area contributed by atoms with Crippen LogP contribution in [0, 0.1) is 11.8 Å². The van der Waals surface area contributed by atoms with Gasteiger partial charge in [-0.3, -0.25) is 0 Å². The summed E-state index contributed by atoms with van der Waals surface area (Å²) >= 11 is 0. The second-order valence-corrected chi connectivity index (χ2v) is 4.42. The number of aliphatic hydroxyl groups excluding tert-OH is 1. The zero-order valence-electron chi connectivity index (χ0n) is 8.90. The topological polar surface area (TPSA) is 20.2 Å². The molecule has 0 aliphatic heterocycles. The van der Waals surface area contributed by atoms with Crippen molar-refractivity contribution in [3.63, 3.8) is 0 Å². The van der Waals surface area contributed by atoms with Gasteiger partial charge in [-0.15, -0.1) is 0 Å². The molecule has 1 aromatic rings. The Balaban J connectivity index is 2.14. The highest BCUT2D eigenvalue weighted by molar-refractivity contribution is 5.26. The molecule has 0 bridgehead atoms. The van der Waals surface area contributed by atoms with Crippen LogP contribution in [-0.2, 0) is 6.42 Å².